The van der Waals surface area contributed by atoms with Gasteiger partial charge >= 0.3 is 0 Å². The third-order valence-electron chi connectivity index (χ3n) is 4.46. The van der Waals surface area contributed by atoms with E-state index < -0.39 is 0 Å². The maximum absolute atomic E-state index is 14.1. The highest BCUT2D eigenvalue weighted by Gasteiger charge is 2.20. The lowest BCUT2D eigenvalue weighted by Gasteiger charge is -2.27. The van der Waals surface area contributed by atoms with E-state index in [1.165, 1.54) is 25.7 Å². The Balaban J connectivity index is 1.96. The molecule has 118 valence electrons. The number of halogens is 1. The largest absolute Gasteiger partial charge is 0.309 e. The predicted molar refractivity (Wildman–Crippen MR) is 86.9 cm³/mol. The molecular formula is C18H29FN2. The van der Waals surface area contributed by atoms with Crippen molar-refractivity contribution in [1.29, 1.82) is 0 Å². The molecule has 1 unspecified atom stereocenters. The molecule has 1 aliphatic rings. The first-order valence-corrected chi connectivity index (χ1v) is 8.37. The topological polar surface area (TPSA) is 15.3 Å². The average Bonchev–Trinajstić information content (AvgIpc) is 2.97. The second-order valence-electron chi connectivity index (χ2n) is 6.40. The van der Waals surface area contributed by atoms with E-state index in [0.717, 1.165) is 37.5 Å². The molecule has 1 aliphatic carbocycles. The molecule has 0 spiro atoms. The van der Waals surface area contributed by atoms with Crippen molar-refractivity contribution in [2.45, 2.75) is 45.1 Å². The quantitative estimate of drug-likeness (QED) is 0.779. The summed E-state index contributed by atoms with van der Waals surface area (Å²) in [5.74, 6) is 0.739. The average molecular weight is 292 g/mol. The van der Waals surface area contributed by atoms with Crippen molar-refractivity contribution in [3.05, 3.63) is 35.6 Å². The van der Waals surface area contributed by atoms with Crippen molar-refractivity contribution in [2.75, 3.05) is 26.7 Å². The first-order chi connectivity index (χ1) is 10.2. The summed E-state index contributed by atoms with van der Waals surface area (Å²) in [4.78, 5) is 2.37. The van der Waals surface area contributed by atoms with Gasteiger partial charge in [-0.2, -0.15) is 0 Å². The van der Waals surface area contributed by atoms with Crippen LogP contribution in [0.1, 0.15) is 50.6 Å². The maximum Gasteiger partial charge on any atom is 0.128 e. The van der Waals surface area contributed by atoms with E-state index in [1.807, 2.05) is 12.1 Å². The van der Waals surface area contributed by atoms with E-state index in [1.54, 1.807) is 12.1 Å². The lowest BCUT2D eigenvalue weighted by Crippen LogP contribution is -2.36. The molecule has 1 fully saturated rings. The van der Waals surface area contributed by atoms with Crippen LogP contribution in [0, 0.1) is 11.7 Å². The van der Waals surface area contributed by atoms with E-state index in [0.29, 0.717) is 0 Å². The van der Waals surface area contributed by atoms with Crippen LogP contribution in [-0.2, 0) is 0 Å². The molecule has 0 heterocycles. The Labute approximate surface area is 128 Å². The molecule has 0 bridgehead atoms. The molecule has 0 saturated heterocycles. The molecule has 0 aliphatic heterocycles. The molecule has 1 saturated carbocycles. The molecule has 2 rings (SSSR count). The normalized spacial score (nSPS) is 17.5. The Hall–Kier alpha value is -0.930. The third-order valence-corrected chi connectivity index (χ3v) is 4.46. The lowest BCUT2D eigenvalue weighted by atomic mass is 10.0. The van der Waals surface area contributed by atoms with Gasteiger partial charge in [-0.05, 0) is 44.8 Å². The standard InChI is InChI=1S/C18H29FN2/c1-3-12-20-18(16-10-6-7-11-17(16)19)14-21(2)13-15-8-4-5-9-15/h6-7,10-11,15,18,20H,3-5,8-9,12-14H2,1-2H3. The van der Waals surface area contributed by atoms with Crippen LogP contribution < -0.4 is 5.32 Å². The minimum absolute atomic E-state index is 0.0811. The van der Waals surface area contributed by atoms with E-state index in [2.05, 4.69) is 24.2 Å². The van der Waals surface area contributed by atoms with Gasteiger partial charge in [-0.25, -0.2) is 4.39 Å². The third kappa shape index (κ3) is 5.08. The number of rotatable bonds is 8. The van der Waals surface area contributed by atoms with Gasteiger partial charge in [-0.3, -0.25) is 0 Å². The summed E-state index contributed by atoms with van der Waals surface area (Å²) < 4.78 is 14.1. The van der Waals surface area contributed by atoms with Crippen LogP contribution in [0.5, 0.6) is 0 Å². The highest BCUT2D eigenvalue weighted by atomic mass is 19.1. The van der Waals surface area contributed by atoms with Crippen LogP contribution in [0.15, 0.2) is 24.3 Å². The first-order valence-electron chi connectivity index (χ1n) is 8.37. The van der Waals surface area contributed by atoms with E-state index in [-0.39, 0.29) is 11.9 Å². The van der Waals surface area contributed by atoms with Crippen LogP contribution >= 0.6 is 0 Å². The zero-order chi connectivity index (χ0) is 15.1. The molecule has 0 radical (unpaired) electrons. The minimum atomic E-state index is -0.0969. The van der Waals surface area contributed by atoms with Crippen molar-refractivity contribution in [1.82, 2.24) is 10.2 Å². The Bertz CT molecular complexity index is 415. The second-order valence-corrected chi connectivity index (χ2v) is 6.40. The molecular weight excluding hydrogens is 263 g/mol. The van der Waals surface area contributed by atoms with Crippen LogP contribution in [0.25, 0.3) is 0 Å². The summed E-state index contributed by atoms with van der Waals surface area (Å²) in [6.07, 6.45) is 6.54. The lowest BCUT2D eigenvalue weighted by molar-refractivity contribution is 0.247. The molecule has 0 amide bonds. The van der Waals surface area contributed by atoms with Crippen molar-refractivity contribution in [2.24, 2.45) is 5.92 Å². The van der Waals surface area contributed by atoms with Gasteiger partial charge in [0, 0.05) is 24.7 Å². The summed E-state index contributed by atoms with van der Waals surface area (Å²) in [5.41, 5.74) is 0.796. The molecule has 1 N–H and O–H groups in total. The Morgan fingerprint density at radius 1 is 1.29 bits per heavy atom. The van der Waals surface area contributed by atoms with Crippen molar-refractivity contribution in [3.8, 4) is 0 Å². The van der Waals surface area contributed by atoms with Gasteiger partial charge in [0.2, 0.25) is 0 Å². The van der Waals surface area contributed by atoms with Crippen molar-refractivity contribution in [3.63, 3.8) is 0 Å². The molecule has 0 aromatic heterocycles. The number of benzene rings is 1. The number of hydrogen-bond donors (Lipinski definition) is 1. The molecule has 21 heavy (non-hydrogen) atoms. The highest BCUT2D eigenvalue weighted by Crippen LogP contribution is 2.26. The smallest absolute Gasteiger partial charge is 0.128 e. The first kappa shape index (κ1) is 16.4. The number of nitrogens with zero attached hydrogens (tertiary/aromatic N) is 1. The highest BCUT2D eigenvalue weighted by molar-refractivity contribution is 5.21. The summed E-state index contributed by atoms with van der Waals surface area (Å²) in [5, 5.41) is 3.50. The Morgan fingerprint density at radius 2 is 2.00 bits per heavy atom. The van der Waals surface area contributed by atoms with Gasteiger partial charge in [0.15, 0.2) is 0 Å². The predicted octanol–water partition coefficient (Wildman–Crippen LogP) is 3.99. The summed E-state index contributed by atoms with van der Waals surface area (Å²) >= 11 is 0. The Kier molecular flexibility index (Phi) is 6.65. The maximum atomic E-state index is 14.1. The number of likely N-dealkylation sites (N-methyl/N-ethyl adjacent to an activating group) is 1. The number of hydrogen-bond acceptors (Lipinski definition) is 2. The fourth-order valence-corrected chi connectivity index (χ4v) is 3.37. The summed E-state index contributed by atoms with van der Waals surface area (Å²) in [6.45, 7) is 5.08. The van der Waals surface area contributed by atoms with Gasteiger partial charge in [-0.1, -0.05) is 38.0 Å². The van der Waals surface area contributed by atoms with Crippen LogP contribution in [-0.4, -0.2) is 31.6 Å². The molecule has 1 atom stereocenters. The van der Waals surface area contributed by atoms with Gasteiger partial charge in [-0.15, -0.1) is 0 Å². The van der Waals surface area contributed by atoms with E-state index >= 15 is 0 Å². The van der Waals surface area contributed by atoms with Gasteiger partial charge in [0.25, 0.3) is 0 Å². The van der Waals surface area contributed by atoms with Crippen molar-refractivity contribution >= 4 is 0 Å². The SMILES string of the molecule is CCCNC(CN(C)CC1CCCC1)c1ccccc1F. The van der Waals surface area contributed by atoms with Gasteiger partial charge in [0.05, 0.1) is 0 Å². The van der Waals surface area contributed by atoms with Gasteiger partial charge < -0.3 is 10.2 Å². The number of nitrogens with one attached hydrogen (secondary N) is 1. The van der Waals surface area contributed by atoms with Crippen molar-refractivity contribution < 1.29 is 4.39 Å². The monoisotopic (exact) mass is 292 g/mol. The molecule has 2 nitrogen and oxygen atoms in total. The molecule has 1 aromatic carbocycles. The zero-order valence-electron chi connectivity index (χ0n) is 13.4. The Morgan fingerprint density at radius 3 is 2.67 bits per heavy atom. The van der Waals surface area contributed by atoms with E-state index in [4.69, 9.17) is 0 Å². The van der Waals surface area contributed by atoms with Crippen LogP contribution in [0.4, 0.5) is 4.39 Å². The molecule has 1 aromatic rings. The fourth-order valence-electron chi connectivity index (χ4n) is 3.37. The van der Waals surface area contributed by atoms with Crippen LogP contribution in [0.2, 0.25) is 0 Å². The summed E-state index contributed by atoms with van der Waals surface area (Å²) in [7, 11) is 2.17. The molecule has 3 heteroatoms. The van der Waals surface area contributed by atoms with Gasteiger partial charge in [0.1, 0.15) is 5.82 Å². The van der Waals surface area contributed by atoms with Crippen LogP contribution in [0.3, 0.4) is 0 Å². The zero-order valence-corrected chi connectivity index (χ0v) is 13.4. The van der Waals surface area contributed by atoms with E-state index in [9.17, 15) is 4.39 Å². The second kappa shape index (κ2) is 8.50. The fraction of sp³-hybridized carbons (Fsp3) is 0.667. The summed E-state index contributed by atoms with van der Waals surface area (Å²) in [6, 6.07) is 7.24. The minimum Gasteiger partial charge on any atom is -0.309 e.